The molecule has 0 aromatic carbocycles. The second kappa shape index (κ2) is 28.8. The molecule has 0 bridgehead atoms. The van der Waals surface area contributed by atoms with Gasteiger partial charge in [-0.2, -0.15) is 5.26 Å². The van der Waals surface area contributed by atoms with Crippen LogP contribution < -0.4 is 5.32 Å². The summed E-state index contributed by atoms with van der Waals surface area (Å²) >= 11 is 0. The summed E-state index contributed by atoms with van der Waals surface area (Å²) in [5.41, 5.74) is 0. The van der Waals surface area contributed by atoms with E-state index in [1.165, 1.54) is 77.0 Å². The van der Waals surface area contributed by atoms with Gasteiger partial charge < -0.3 is 20.2 Å². The van der Waals surface area contributed by atoms with E-state index in [2.05, 4.69) is 39.9 Å². The Morgan fingerprint density at radius 3 is 1.72 bits per heavy atom. The largest absolute Gasteiger partial charge is 0.391 e. The molecule has 3 N–H and O–H groups in total. The molecule has 0 aromatic rings. The summed E-state index contributed by atoms with van der Waals surface area (Å²) < 4.78 is 0. The number of aliphatic hydroxyl groups excluding tert-OH is 1. The van der Waals surface area contributed by atoms with Crippen LogP contribution in [0.15, 0.2) is 0 Å². The summed E-state index contributed by atoms with van der Waals surface area (Å²) in [5.74, 6) is 0.240. The molecule has 0 spiro atoms. The Labute approximate surface area is 225 Å². The molecule has 1 aliphatic rings. The van der Waals surface area contributed by atoms with E-state index in [1.54, 1.807) is 0 Å². The van der Waals surface area contributed by atoms with Gasteiger partial charge >= 0.3 is 0 Å². The number of unbranched alkanes of at least 4 members (excludes halogenated alkanes) is 12. The second-order valence-electron chi connectivity index (χ2n) is 10.6. The number of likely N-dealkylation sites (tertiary alicyclic amines) is 1. The van der Waals surface area contributed by atoms with Crippen LogP contribution in [0.5, 0.6) is 0 Å². The Bertz CT molecular complexity index is 506. The molecule has 7 heteroatoms. The zero-order chi connectivity index (χ0) is 27.4. The van der Waals surface area contributed by atoms with Gasteiger partial charge in [0, 0.05) is 53.0 Å². The molecule has 36 heavy (non-hydrogen) atoms. The van der Waals surface area contributed by atoms with Crippen LogP contribution in [0.3, 0.4) is 0 Å². The maximum Gasteiger partial charge on any atom is 0.222 e. The van der Waals surface area contributed by atoms with Crippen molar-refractivity contribution in [2.24, 2.45) is 0 Å². The number of nitriles is 1. The van der Waals surface area contributed by atoms with Crippen molar-refractivity contribution in [1.82, 2.24) is 10.2 Å². The summed E-state index contributed by atoms with van der Waals surface area (Å²) in [7, 11) is -0.0579. The quantitative estimate of drug-likeness (QED) is 0.132. The third-order valence-corrected chi connectivity index (χ3v) is 6.50. The van der Waals surface area contributed by atoms with Crippen molar-refractivity contribution in [2.45, 2.75) is 156 Å². The van der Waals surface area contributed by atoms with Crippen LogP contribution >= 0.6 is 8.81 Å². The Hall–Kier alpha value is -0.730. The van der Waals surface area contributed by atoms with Gasteiger partial charge in [-0.05, 0) is 12.8 Å². The van der Waals surface area contributed by atoms with E-state index < -0.39 is 0 Å². The minimum atomic E-state index is -0.286. The predicted molar refractivity (Wildman–Crippen MR) is 157 cm³/mol. The van der Waals surface area contributed by atoms with Gasteiger partial charge in [0.15, 0.2) is 0 Å². The number of carbonyl (C=O) groups excluding carboxylic acids is 1. The normalized spacial score (nSPS) is 15.1. The summed E-state index contributed by atoms with van der Waals surface area (Å²) in [4.78, 5) is 21.8. The van der Waals surface area contributed by atoms with Crippen molar-refractivity contribution in [2.75, 3.05) is 19.3 Å². The first-order valence-corrected chi connectivity index (χ1v) is 15.9. The lowest BCUT2D eigenvalue weighted by Crippen LogP contribution is -2.29. The fourth-order valence-electron chi connectivity index (χ4n) is 4.20. The summed E-state index contributed by atoms with van der Waals surface area (Å²) in [6.45, 7) is 12.2. The highest BCUT2D eigenvalue weighted by molar-refractivity contribution is 7.31. The van der Waals surface area contributed by atoms with Gasteiger partial charge in [-0.25, -0.2) is 0 Å². The number of hydrogen-bond acceptors (Lipinski definition) is 5. The van der Waals surface area contributed by atoms with E-state index in [0.717, 1.165) is 19.4 Å². The van der Waals surface area contributed by atoms with Crippen molar-refractivity contribution >= 4 is 14.7 Å². The number of amides is 1. The molecule has 0 aliphatic carbocycles. The minimum absolute atomic E-state index is 0.0579. The van der Waals surface area contributed by atoms with Crippen LogP contribution in [0.25, 0.3) is 0 Å². The molecule has 6 nitrogen and oxygen atoms in total. The van der Waals surface area contributed by atoms with Gasteiger partial charge in [-0.1, -0.05) is 112 Å². The molecule has 1 rings (SSSR count). The lowest BCUT2D eigenvalue weighted by atomic mass is 10.0. The first kappa shape index (κ1) is 37.4. The maximum absolute atomic E-state index is 11.9. The third-order valence-electron chi connectivity index (χ3n) is 6.03. The van der Waals surface area contributed by atoms with Crippen LogP contribution in [0.1, 0.15) is 137 Å². The van der Waals surface area contributed by atoms with Gasteiger partial charge in [0.25, 0.3) is 0 Å². The van der Waals surface area contributed by atoms with E-state index >= 15 is 0 Å². The number of β-amino-alcohol motifs (C(OH)–C–C–N with tert-alkyl or cyclic N) is 1. The van der Waals surface area contributed by atoms with Crippen LogP contribution in [0, 0.1) is 11.3 Å². The molecule has 1 aliphatic heterocycles. The van der Waals surface area contributed by atoms with Gasteiger partial charge in [-0.15, -0.1) is 0 Å². The molecule has 214 valence electrons. The number of aliphatic hydroxyl groups is 1. The van der Waals surface area contributed by atoms with E-state index in [4.69, 9.17) is 10.2 Å². The highest BCUT2D eigenvalue weighted by Crippen LogP contribution is 2.15. The van der Waals surface area contributed by atoms with Gasteiger partial charge in [0.05, 0.1) is 12.2 Å². The first-order valence-electron chi connectivity index (χ1n) is 14.7. The Morgan fingerprint density at radius 2 is 1.42 bits per heavy atom. The standard InChI is InChI=1S/C20H39NO2.C6H15N.C3H6NOP/c1-2-3-4-5-6-7-8-9-10-11-12-13-14-15-20(23)21-17-16-19(22)18-21;1-5(2)7-6(3)4;4-2-1-3-6-5/h19,22H,2-18H2,1H3;5-7H,1-4H3;5-6H,1,3H2. The fourth-order valence-corrected chi connectivity index (χ4v) is 4.42. The van der Waals surface area contributed by atoms with Crippen molar-refractivity contribution in [3.8, 4) is 6.07 Å². The molecule has 1 saturated heterocycles. The number of nitrogens with zero attached hydrogens (tertiary/aromatic N) is 2. The van der Waals surface area contributed by atoms with Crippen molar-refractivity contribution < 1.29 is 14.8 Å². The van der Waals surface area contributed by atoms with Crippen LogP contribution in [0.2, 0.25) is 0 Å². The molecule has 2 atom stereocenters. The highest BCUT2D eigenvalue weighted by Gasteiger charge is 2.23. The Morgan fingerprint density at radius 1 is 0.944 bits per heavy atom. The second-order valence-corrected chi connectivity index (χ2v) is 11.4. The van der Waals surface area contributed by atoms with Crippen LogP contribution in [-0.4, -0.2) is 58.2 Å². The molecular formula is C29H60N3O3P. The van der Waals surface area contributed by atoms with Crippen LogP contribution in [-0.2, 0) is 4.79 Å². The van der Waals surface area contributed by atoms with E-state index in [1.807, 2.05) is 11.0 Å². The average Bonchev–Trinajstić information content (AvgIpc) is 3.27. The molecule has 1 amide bonds. The number of hydrogen-bond donors (Lipinski definition) is 3. The summed E-state index contributed by atoms with van der Waals surface area (Å²) in [6, 6.07) is 3.17. The predicted octanol–water partition coefficient (Wildman–Crippen LogP) is 6.94. The molecule has 2 unspecified atom stereocenters. The average molecular weight is 530 g/mol. The van der Waals surface area contributed by atoms with Crippen LogP contribution in [0.4, 0.5) is 0 Å². The fraction of sp³-hybridized carbons (Fsp3) is 0.931. The molecular weight excluding hydrogens is 469 g/mol. The first-order chi connectivity index (χ1) is 17.3. The molecule has 0 aromatic heterocycles. The summed E-state index contributed by atoms with van der Waals surface area (Å²) in [5, 5.41) is 20.6. The molecule has 1 fully saturated rings. The Balaban J connectivity index is 0. The highest BCUT2D eigenvalue weighted by atomic mass is 31.1. The topological polar surface area (TPSA) is 96.6 Å². The van der Waals surface area contributed by atoms with Gasteiger partial charge in [0.1, 0.15) is 0 Å². The lowest BCUT2D eigenvalue weighted by Gasteiger charge is -2.15. The van der Waals surface area contributed by atoms with Gasteiger partial charge in [-0.3, -0.25) is 4.79 Å². The number of carbonyl (C=O) groups is 1. The number of rotatable bonds is 18. The van der Waals surface area contributed by atoms with Crippen molar-refractivity contribution in [3.05, 3.63) is 0 Å². The Kier molecular flexibility index (Phi) is 30.0. The van der Waals surface area contributed by atoms with E-state index in [9.17, 15) is 9.90 Å². The summed E-state index contributed by atoms with van der Waals surface area (Å²) in [6.07, 6.45) is 19.6. The lowest BCUT2D eigenvalue weighted by molar-refractivity contribution is -0.130. The SMILES string of the molecule is CC(C)NC(C)C.CCCCCCCCCCCCCCCC(=O)N1CCC(O)C1.N#CCCPO. The molecule has 0 saturated carbocycles. The van der Waals surface area contributed by atoms with Crippen molar-refractivity contribution in [3.63, 3.8) is 0 Å². The monoisotopic (exact) mass is 529 g/mol. The van der Waals surface area contributed by atoms with E-state index in [0.29, 0.717) is 37.6 Å². The van der Waals surface area contributed by atoms with E-state index in [-0.39, 0.29) is 20.8 Å². The zero-order valence-corrected chi connectivity index (χ0v) is 25.4. The molecule has 0 radical (unpaired) electrons. The van der Waals surface area contributed by atoms with Gasteiger partial charge in [0.2, 0.25) is 5.91 Å². The zero-order valence-electron chi connectivity index (χ0n) is 24.4. The van der Waals surface area contributed by atoms with Crippen molar-refractivity contribution in [1.29, 1.82) is 5.26 Å². The third kappa shape index (κ3) is 29.5. The number of nitrogens with one attached hydrogen (secondary N) is 1. The smallest absolute Gasteiger partial charge is 0.222 e. The molecule has 1 heterocycles. The minimum Gasteiger partial charge on any atom is -0.391 e. The maximum atomic E-state index is 11.9.